The molecular weight excluding hydrogens is 138 g/mol. The topological polar surface area (TPSA) is 21.1 Å². The van der Waals surface area contributed by atoms with Crippen molar-refractivity contribution in [3.8, 4) is 0 Å². The molecular formula is C8H13N3. The molecule has 1 atom stereocenters. The van der Waals surface area contributed by atoms with Crippen LogP contribution in [-0.2, 0) is 6.54 Å². The number of likely N-dealkylation sites (N-methyl/N-ethyl adjacent to an activating group) is 1. The summed E-state index contributed by atoms with van der Waals surface area (Å²) in [5, 5.41) is 0. The largest absolute Gasteiger partial charge is 0.332 e. The van der Waals surface area contributed by atoms with Crippen LogP contribution in [0.25, 0.3) is 0 Å². The molecule has 1 unspecified atom stereocenters. The van der Waals surface area contributed by atoms with Gasteiger partial charge in [0.25, 0.3) is 0 Å². The second-order valence-corrected chi connectivity index (χ2v) is 3.14. The molecule has 0 N–H and O–H groups in total. The molecule has 1 aliphatic rings. The van der Waals surface area contributed by atoms with E-state index >= 15 is 0 Å². The lowest BCUT2D eigenvalue weighted by Crippen LogP contribution is -2.33. The van der Waals surface area contributed by atoms with Crippen LogP contribution in [-0.4, -0.2) is 28.0 Å². The van der Waals surface area contributed by atoms with E-state index in [2.05, 4.69) is 34.6 Å². The fourth-order valence-electron chi connectivity index (χ4n) is 1.53. The van der Waals surface area contributed by atoms with Crippen molar-refractivity contribution in [3.05, 3.63) is 18.2 Å². The fraction of sp³-hybridized carbons (Fsp3) is 0.625. The Morgan fingerprint density at radius 1 is 1.55 bits per heavy atom. The van der Waals surface area contributed by atoms with E-state index < -0.39 is 0 Å². The Morgan fingerprint density at radius 3 is 3.18 bits per heavy atom. The first-order valence-electron chi connectivity index (χ1n) is 4.00. The maximum Gasteiger partial charge on any atom is 0.125 e. The zero-order valence-corrected chi connectivity index (χ0v) is 6.99. The van der Waals surface area contributed by atoms with Gasteiger partial charge in [0.15, 0.2) is 0 Å². The van der Waals surface area contributed by atoms with Crippen LogP contribution >= 0.6 is 0 Å². The Bertz CT molecular complexity index is 254. The Kier molecular flexibility index (Phi) is 1.46. The summed E-state index contributed by atoms with van der Waals surface area (Å²) in [6.07, 6.45) is 3.93. The summed E-state index contributed by atoms with van der Waals surface area (Å²) in [5.41, 5.74) is 0. The average molecular weight is 151 g/mol. The molecule has 3 nitrogen and oxygen atoms in total. The molecule has 0 amide bonds. The number of rotatable bonds is 0. The SMILES string of the molecule is CC1c2nccn2CCN1C. The maximum atomic E-state index is 4.31. The van der Waals surface area contributed by atoms with Crippen LogP contribution in [0.2, 0.25) is 0 Å². The number of imidazole rings is 1. The first-order chi connectivity index (χ1) is 5.29. The van der Waals surface area contributed by atoms with Crippen LogP contribution < -0.4 is 0 Å². The molecule has 0 spiro atoms. The number of nitrogens with zero attached hydrogens (tertiary/aromatic N) is 3. The quantitative estimate of drug-likeness (QED) is 0.549. The van der Waals surface area contributed by atoms with Crippen molar-refractivity contribution in [2.45, 2.75) is 19.5 Å². The Balaban J connectivity index is 2.38. The lowest BCUT2D eigenvalue weighted by molar-refractivity contribution is 0.206. The molecule has 0 bridgehead atoms. The Labute approximate surface area is 66.6 Å². The van der Waals surface area contributed by atoms with Gasteiger partial charge in [0.05, 0.1) is 6.04 Å². The molecule has 1 aromatic heterocycles. The van der Waals surface area contributed by atoms with E-state index in [0.717, 1.165) is 13.1 Å². The van der Waals surface area contributed by atoms with Crippen molar-refractivity contribution in [2.75, 3.05) is 13.6 Å². The van der Waals surface area contributed by atoms with E-state index in [1.807, 2.05) is 6.20 Å². The minimum atomic E-state index is 0.471. The monoisotopic (exact) mass is 151 g/mol. The first kappa shape index (κ1) is 6.85. The number of hydrogen-bond donors (Lipinski definition) is 0. The van der Waals surface area contributed by atoms with Gasteiger partial charge in [0, 0.05) is 25.5 Å². The van der Waals surface area contributed by atoms with E-state index in [9.17, 15) is 0 Å². The van der Waals surface area contributed by atoms with Gasteiger partial charge in [-0.15, -0.1) is 0 Å². The standard InChI is InChI=1S/C8H13N3/c1-7-8-9-3-4-11(8)6-5-10(7)2/h3-4,7H,5-6H2,1-2H3. The zero-order chi connectivity index (χ0) is 7.84. The third kappa shape index (κ3) is 0.959. The Morgan fingerprint density at radius 2 is 2.36 bits per heavy atom. The summed E-state index contributed by atoms with van der Waals surface area (Å²) < 4.78 is 2.23. The van der Waals surface area contributed by atoms with E-state index in [0.29, 0.717) is 6.04 Å². The van der Waals surface area contributed by atoms with Crippen molar-refractivity contribution >= 4 is 0 Å². The summed E-state index contributed by atoms with van der Waals surface area (Å²) in [6.45, 7) is 4.40. The summed E-state index contributed by atoms with van der Waals surface area (Å²) in [7, 11) is 2.14. The van der Waals surface area contributed by atoms with Gasteiger partial charge in [-0.05, 0) is 14.0 Å². The number of fused-ring (bicyclic) bond motifs is 1. The summed E-state index contributed by atoms with van der Waals surface area (Å²) in [5.74, 6) is 1.19. The average Bonchev–Trinajstić information content (AvgIpc) is 2.45. The molecule has 0 aromatic carbocycles. The summed E-state index contributed by atoms with van der Waals surface area (Å²) >= 11 is 0. The third-order valence-electron chi connectivity index (χ3n) is 2.48. The van der Waals surface area contributed by atoms with Crippen LogP contribution in [0.1, 0.15) is 18.8 Å². The fourth-order valence-corrected chi connectivity index (χ4v) is 1.53. The second kappa shape index (κ2) is 2.34. The lowest BCUT2D eigenvalue weighted by atomic mass is 10.2. The van der Waals surface area contributed by atoms with E-state index in [4.69, 9.17) is 0 Å². The number of hydrogen-bond acceptors (Lipinski definition) is 2. The van der Waals surface area contributed by atoms with Gasteiger partial charge >= 0.3 is 0 Å². The molecule has 0 saturated heterocycles. The van der Waals surface area contributed by atoms with E-state index in [1.165, 1.54) is 5.82 Å². The second-order valence-electron chi connectivity index (χ2n) is 3.14. The van der Waals surface area contributed by atoms with Crippen molar-refractivity contribution in [1.82, 2.24) is 14.5 Å². The molecule has 1 aromatic rings. The highest BCUT2D eigenvalue weighted by atomic mass is 15.2. The smallest absolute Gasteiger partial charge is 0.125 e. The van der Waals surface area contributed by atoms with Gasteiger partial charge in [-0.2, -0.15) is 0 Å². The van der Waals surface area contributed by atoms with Gasteiger partial charge < -0.3 is 4.57 Å². The van der Waals surface area contributed by atoms with Crippen LogP contribution in [0.15, 0.2) is 12.4 Å². The third-order valence-corrected chi connectivity index (χ3v) is 2.48. The molecule has 3 heteroatoms. The van der Waals surface area contributed by atoms with Crippen LogP contribution in [0.4, 0.5) is 0 Å². The van der Waals surface area contributed by atoms with Crippen molar-refractivity contribution < 1.29 is 0 Å². The van der Waals surface area contributed by atoms with Gasteiger partial charge in [-0.25, -0.2) is 4.98 Å². The van der Waals surface area contributed by atoms with Crippen LogP contribution in [0, 0.1) is 0 Å². The van der Waals surface area contributed by atoms with E-state index in [-0.39, 0.29) is 0 Å². The molecule has 0 fully saturated rings. The zero-order valence-electron chi connectivity index (χ0n) is 6.99. The van der Waals surface area contributed by atoms with Gasteiger partial charge in [0.2, 0.25) is 0 Å². The number of aromatic nitrogens is 2. The normalized spacial score (nSPS) is 25.1. The van der Waals surface area contributed by atoms with Crippen LogP contribution in [0.5, 0.6) is 0 Å². The first-order valence-corrected chi connectivity index (χ1v) is 4.00. The molecule has 0 saturated carbocycles. The highest BCUT2D eigenvalue weighted by molar-refractivity contribution is 5.01. The maximum absolute atomic E-state index is 4.31. The summed E-state index contributed by atoms with van der Waals surface area (Å²) in [6, 6.07) is 0.471. The summed E-state index contributed by atoms with van der Waals surface area (Å²) in [4.78, 5) is 6.63. The Hall–Kier alpha value is -0.830. The highest BCUT2D eigenvalue weighted by Crippen LogP contribution is 2.20. The minimum Gasteiger partial charge on any atom is -0.332 e. The predicted molar refractivity (Wildman–Crippen MR) is 43.3 cm³/mol. The van der Waals surface area contributed by atoms with Crippen molar-refractivity contribution in [1.29, 1.82) is 0 Å². The van der Waals surface area contributed by atoms with Crippen molar-refractivity contribution in [3.63, 3.8) is 0 Å². The molecule has 60 valence electrons. The molecule has 2 rings (SSSR count). The minimum absolute atomic E-state index is 0.471. The molecule has 11 heavy (non-hydrogen) atoms. The van der Waals surface area contributed by atoms with Gasteiger partial charge in [-0.3, -0.25) is 4.90 Å². The molecule has 1 aliphatic heterocycles. The van der Waals surface area contributed by atoms with Gasteiger partial charge in [0.1, 0.15) is 5.82 Å². The van der Waals surface area contributed by atoms with E-state index in [1.54, 1.807) is 0 Å². The van der Waals surface area contributed by atoms with Gasteiger partial charge in [-0.1, -0.05) is 0 Å². The predicted octanol–water partition coefficient (Wildman–Crippen LogP) is 0.889. The molecule has 2 heterocycles. The molecule has 0 radical (unpaired) electrons. The van der Waals surface area contributed by atoms with Crippen molar-refractivity contribution in [2.24, 2.45) is 0 Å². The molecule has 0 aliphatic carbocycles. The van der Waals surface area contributed by atoms with Crippen LogP contribution in [0.3, 0.4) is 0 Å². The highest BCUT2D eigenvalue weighted by Gasteiger charge is 2.20. The lowest BCUT2D eigenvalue weighted by Gasteiger charge is -2.30.